The van der Waals surface area contributed by atoms with Gasteiger partial charge in [-0.05, 0) is 71.3 Å². The SMILES string of the molecule is O=C(c1ccc(Cl)cc1)[C@@H]1[C@H](C(=O)c2ccc3c(c2)OCO3)N2C=Cc3ccccc3[C@H]2[C@]12C(=O)Nc1ccccc12. The number of hydrogen-bond acceptors (Lipinski definition) is 6. The number of halogens is 1. The summed E-state index contributed by atoms with van der Waals surface area (Å²) in [6.45, 7) is 0.0713. The van der Waals surface area contributed by atoms with Crippen LogP contribution in [0.5, 0.6) is 11.5 Å². The van der Waals surface area contributed by atoms with Crippen molar-refractivity contribution in [2.75, 3.05) is 12.1 Å². The van der Waals surface area contributed by atoms with Crippen LogP contribution in [0.4, 0.5) is 5.69 Å². The lowest BCUT2D eigenvalue weighted by molar-refractivity contribution is -0.122. The Balaban J connectivity index is 1.40. The minimum atomic E-state index is -1.40. The van der Waals surface area contributed by atoms with E-state index in [1.54, 1.807) is 42.5 Å². The summed E-state index contributed by atoms with van der Waals surface area (Å²) in [7, 11) is 0. The van der Waals surface area contributed by atoms with Crippen LogP contribution in [-0.2, 0) is 10.2 Å². The normalized spacial score (nSPS) is 24.3. The molecule has 8 heteroatoms. The fraction of sp³-hybridized carbons (Fsp3) is 0.147. The number of rotatable bonds is 4. The highest BCUT2D eigenvalue weighted by Crippen LogP contribution is 2.62. The number of hydrogen-bond donors (Lipinski definition) is 1. The van der Waals surface area contributed by atoms with E-state index in [1.807, 2.05) is 65.7 Å². The second-order valence-electron chi connectivity index (χ2n) is 10.9. The fourth-order valence-corrected chi connectivity index (χ4v) is 7.31. The topological polar surface area (TPSA) is 84.9 Å². The molecular formula is C34H23ClN2O5. The summed E-state index contributed by atoms with van der Waals surface area (Å²) >= 11 is 6.18. The first kappa shape index (κ1) is 24.9. The molecule has 206 valence electrons. The number of Topliss-reactive ketones (excluding diaryl/α,β-unsaturated/α-hetero) is 2. The van der Waals surface area contributed by atoms with Crippen molar-refractivity contribution in [2.45, 2.75) is 17.5 Å². The van der Waals surface area contributed by atoms with Crippen LogP contribution in [-0.4, -0.2) is 35.2 Å². The molecule has 1 fully saturated rings. The van der Waals surface area contributed by atoms with E-state index in [2.05, 4.69) is 5.32 Å². The van der Waals surface area contributed by atoms with Crippen LogP contribution in [0.1, 0.15) is 43.4 Å². The zero-order valence-electron chi connectivity index (χ0n) is 22.1. The van der Waals surface area contributed by atoms with Gasteiger partial charge in [0, 0.05) is 28.0 Å². The molecule has 42 heavy (non-hydrogen) atoms. The summed E-state index contributed by atoms with van der Waals surface area (Å²) in [6, 6.07) is 25.3. The maximum atomic E-state index is 14.8. The second kappa shape index (κ2) is 9.06. The predicted molar refractivity (Wildman–Crippen MR) is 157 cm³/mol. The van der Waals surface area contributed by atoms with Crippen molar-refractivity contribution in [3.05, 3.63) is 130 Å². The average Bonchev–Trinajstić information content (AvgIpc) is 3.70. The van der Waals surface area contributed by atoms with E-state index in [4.69, 9.17) is 21.1 Å². The molecule has 1 saturated heterocycles. The molecule has 4 heterocycles. The number of para-hydroxylation sites is 1. The van der Waals surface area contributed by atoms with E-state index in [9.17, 15) is 14.4 Å². The lowest BCUT2D eigenvalue weighted by Crippen LogP contribution is -2.49. The molecule has 1 N–H and O–H groups in total. The zero-order chi connectivity index (χ0) is 28.6. The maximum absolute atomic E-state index is 14.8. The zero-order valence-corrected chi connectivity index (χ0v) is 22.9. The fourth-order valence-electron chi connectivity index (χ4n) is 7.18. The highest BCUT2D eigenvalue weighted by molar-refractivity contribution is 6.30. The van der Waals surface area contributed by atoms with Gasteiger partial charge < -0.3 is 19.7 Å². The molecule has 0 radical (unpaired) electrons. The monoisotopic (exact) mass is 574 g/mol. The van der Waals surface area contributed by atoms with Gasteiger partial charge in [0.2, 0.25) is 12.7 Å². The van der Waals surface area contributed by atoms with Crippen LogP contribution < -0.4 is 14.8 Å². The van der Waals surface area contributed by atoms with Crippen molar-refractivity contribution in [1.82, 2.24) is 4.90 Å². The van der Waals surface area contributed by atoms with Crippen LogP contribution in [0.2, 0.25) is 5.02 Å². The largest absolute Gasteiger partial charge is 0.454 e. The Kier molecular flexibility index (Phi) is 5.37. The standard InChI is InChI=1S/C34H23ClN2O5/c35-22-12-9-20(10-13-22)30(38)28-29(31(39)21-11-14-26-27(17-21)42-18-41-26)37-16-15-19-5-1-2-6-23(19)32(37)34(28)24-7-3-4-8-25(24)36-33(34)40/h1-17,28-29,32H,18H2,(H,36,40)/t28-,29+,32-,34+/m0/s1. The van der Waals surface area contributed by atoms with Crippen molar-refractivity contribution >= 4 is 40.8 Å². The molecule has 4 aromatic rings. The number of nitrogens with one attached hydrogen (secondary N) is 1. The first-order valence-corrected chi connectivity index (χ1v) is 14.1. The van der Waals surface area contributed by atoms with E-state index < -0.39 is 23.4 Å². The van der Waals surface area contributed by atoms with E-state index in [0.717, 1.165) is 11.1 Å². The Morgan fingerprint density at radius 1 is 0.857 bits per heavy atom. The van der Waals surface area contributed by atoms with Gasteiger partial charge in [0.1, 0.15) is 11.5 Å². The van der Waals surface area contributed by atoms with Gasteiger partial charge in [-0.15, -0.1) is 0 Å². The predicted octanol–water partition coefficient (Wildman–Crippen LogP) is 6.05. The second-order valence-corrected chi connectivity index (χ2v) is 11.3. The first-order valence-electron chi connectivity index (χ1n) is 13.7. The number of carbonyl (C=O) groups is 3. The van der Waals surface area contributed by atoms with E-state index >= 15 is 0 Å². The average molecular weight is 575 g/mol. The molecule has 0 saturated carbocycles. The van der Waals surface area contributed by atoms with E-state index in [0.29, 0.717) is 38.9 Å². The van der Waals surface area contributed by atoms with Crippen LogP contribution in [0.3, 0.4) is 0 Å². The van der Waals surface area contributed by atoms with Crippen LogP contribution in [0.15, 0.2) is 97.2 Å². The summed E-state index contributed by atoms with van der Waals surface area (Å²) in [5.41, 5.74) is 2.49. The van der Waals surface area contributed by atoms with Crippen molar-refractivity contribution in [3.63, 3.8) is 0 Å². The van der Waals surface area contributed by atoms with Crippen molar-refractivity contribution in [1.29, 1.82) is 0 Å². The third kappa shape index (κ3) is 3.31. The molecule has 1 amide bonds. The Morgan fingerprint density at radius 2 is 1.60 bits per heavy atom. The van der Waals surface area contributed by atoms with Gasteiger partial charge in [0.25, 0.3) is 0 Å². The van der Waals surface area contributed by atoms with Gasteiger partial charge in [0.15, 0.2) is 23.1 Å². The molecule has 7 nitrogen and oxygen atoms in total. The molecular weight excluding hydrogens is 552 g/mol. The molecule has 4 aliphatic heterocycles. The quantitative estimate of drug-likeness (QED) is 0.299. The van der Waals surface area contributed by atoms with Gasteiger partial charge in [-0.3, -0.25) is 14.4 Å². The van der Waals surface area contributed by atoms with Crippen LogP contribution >= 0.6 is 11.6 Å². The third-order valence-corrected chi connectivity index (χ3v) is 9.16. The Hall–Kier alpha value is -4.88. The van der Waals surface area contributed by atoms with Gasteiger partial charge >= 0.3 is 0 Å². The summed E-state index contributed by atoms with van der Waals surface area (Å²) in [5, 5.41) is 3.55. The molecule has 8 rings (SSSR count). The number of ether oxygens (including phenoxy) is 2. The number of anilines is 1. The van der Waals surface area contributed by atoms with E-state index in [1.165, 1.54) is 0 Å². The lowest BCUT2D eigenvalue weighted by atomic mass is 9.62. The smallest absolute Gasteiger partial charge is 0.238 e. The molecule has 4 atom stereocenters. The summed E-state index contributed by atoms with van der Waals surface area (Å²) in [6.07, 6.45) is 3.79. The minimum Gasteiger partial charge on any atom is -0.454 e. The number of carbonyl (C=O) groups excluding carboxylic acids is 3. The summed E-state index contributed by atoms with van der Waals surface area (Å²) in [5.74, 6) is -0.953. The highest BCUT2D eigenvalue weighted by Gasteiger charge is 2.70. The Labute approximate surface area is 246 Å². The molecule has 1 spiro atoms. The third-order valence-electron chi connectivity index (χ3n) is 8.91. The molecule has 0 aliphatic carbocycles. The van der Waals surface area contributed by atoms with Crippen LogP contribution in [0, 0.1) is 5.92 Å². The molecule has 0 unspecified atom stereocenters. The van der Waals surface area contributed by atoms with Gasteiger partial charge in [-0.25, -0.2) is 0 Å². The van der Waals surface area contributed by atoms with Crippen molar-refractivity contribution in [3.8, 4) is 11.5 Å². The molecule has 0 aromatic heterocycles. The molecule has 4 aliphatic rings. The summed E-state index contributed by atoms with van der Waals surface area (Å²) in [4.78, 5) is 45.9. The Bertz CT molecular complexity index is 1850. The maximum Gasteiger partial charge on any atom is 0.238 e. The van der Waals surface area contributed by atoms with Crippen LogP contribution in [0.25, 0.3) is 6.08 Å². The van der Waals surface area contributed by atoms with Gasteiger partial charge in [-0.1, -0.05) is 54.1 Å². The van der Waals surface area contributed by atoms with Gasteiger partial charge in [-0.2, -0.15) is 0 Å². The van der Waals surface area contributed by atoms with Crippen molar-refractivity contribution < 1.29 is 23.9 Å². The Morgan fingerprint density at radius 3 is 2.45 bits per heavy atom. The number of nitrogens with zero attached hydrogens (tertiary/aromatic N) is 1. The first-order chi connectivity index (χ1) is 20.5. The number of benzene rings is 4. The van der Waals surface area contributed by atoms with Crippen molar-refractivity contribution in [2.24, 2.45) is 5.92 Å². The molecule has 4 aromatic carbocycles. The lowest BCUT2D eigenvalue weighted by Gasteiger charge is -2.38. The van der Waals surface area contributed by atoms with E-state index in [-0.39, 0.29) is 24.3 Å². The highest BCUT2D eigenvalue weighted by atomic mass is 35.5. The van der Waals surface area contributed by atoms with Gasteiger partial charge in [0.05, 0.1) is 12.0 Å². The molecule has 0 bridgehead atoms. The minimum absolute atomic E-state index is 0.0713. The number of amides is 1. The summed E-state index contributed by atoms with van der Waals surface area (Å²) < 4.78 is 11.0. The number of ketones is 2. The number of fused-ring (bicyclic) bond motifs is 7.